The molecule has 0 aliphatic heterocycles. The van der Waals surface area contributed by atoms with Crippen LogP contribution in [-0.2, 0) is 0 Å². The lowest BCUT2D eigenvalue weighted by Gasteiger charge is -2.52. The Morgan fingerprint density at radius 2 is 1.03 bits per heavy atom. The van der Waals surface area contributed by atoms with Gasteiger partial charge < -0.3 is 0 Å². The van der Waals surface area contributed by atoms with Crippen molar-refractivity contribution in [1.82, 2.24) is 0 Å². The van der Waals surface area contributed by atoms with Crippen molar-refractivity contribution in [2.24, 2.45) is 117 Å². The van der Waals surface area contributed by atoms with E-state index in [2.05, 4.69) is 48.5 Å². The summed E-state index contributed by atoms with van der Waals surface area (Å²) >= 11 is 0. The molecule has 0 aromatic rings. The molecule has 0 aromatic heterocycles. The van der Waals surface area contributed by atoms with E-state index in [-0.39, 0.29) is 0 Å². The van der Waals surface area contributed by atoms with E-state index >= 15 is 0 Å². The summed E-state index contributed by atoms with van der Waals surface area (Å²) in [6, 6.07) is 0. The Hall–Kier alpha value is 0. The lowest BCUT2D eigenvalue weighted by Crippen LogP contribution is -2.47. The molecule has 19 unspecified atom stereocenters. The van der Waals surface area contributed by atoms with Crippen LogP contribution in [0.3, 0.4) is 0 Å². The second-order valence-corrected chi connectivity index (χ2v) is 18.3. The Morgan fingerprint density at radius 1 is 0.514 bits per heavy atom. The van der Waals surface area contributed by atoms with Gasteiger partial charge in [0.15, 0.2) is 0 Å². The van der Waals surface area contributed by atoms with Crippen LogP contribution in [0.25, 0.3) is 0 Å². The highest BCUT2D eigenvalue weighted by atomic mass is 14.9. The zero-order valence-corrected chi connectivity index (χ0v) is 25.4. The summed E-state index contributed by atoms with van der Waals surface area (Å²) in [4.78, 5) is 0. The lowest BCUT2D eigenvalue weighted by atomic mass is 9.52. The predicted octanol–water partition coefficient (Wildman–Crippen LogP) is 9.58. The molecule has 0 saturated heterocycles. The molecule has 3 spiro atoms. The summed E-state index contributed by atoms with van der Waals surface area (Å²) in [5.41, 5.74) is 2.53. The maximum Gasteiger partial charge on any atom is -0.0204 e. The van der Waals surface area contributed by atoms with Gasteiger partial charge in [0, 0.05) is 0 Å². The van der Waals surface area contributed by atoms with Crippen LogP contribution < -0.4 is 0 Å². The van der Waals surface area contributed by atoms with Gasteiger partial charge in [-0.25, -0.2) is 0 Å². The van der Waals surface area contributed by atoms with Crippen LogP contribution in [0.4, 0.5) is 0 Å². The summed E-state index contributed by atoms with van der Waals surface area (Å²) < 4.78 is 0. The highest BCUT2D eigenvalue weighted by Crippen LogP contribution is 2.91. The molecule has 0 amide bonds. The van der Waals surface area contributed by atoms with Crippen molar-refractivity contribution in [1.29, 1.82) is 0 Å². The minimum Gasteiger partial charge on any atom is -0.0622 e. The largest absolute Gasteiger partial charge is 0.0622 e. The van der Waals surface area contributed by atoms with E-state index in [0.29, 0.717) is 0 Å². The Balaban J connectivity index is 0.816. The zero-order valence-electron chi connectivity index (χ0n) is 25.4. The van der Waals surface area contributed by atoms with Crippen molar-refractivity contribution in [3.8, 4) is 0 Å². The summed E-state index contributed by atoms with van der Waals surface area (Å²) in [6.07, 6.45) is 16.0. The Bertz CT molecular complexity index is 988. The Labute approximate surface area is 229 Å². The van der Waals surface area contributed by atoms with E-state index in [0.717, 1.165) is 117 Å². The maximum atomic E-state index is 2.68. The first-order chi connectivity index (χ1) is 17.7. The summed E-state index contributed by atoms with van der Waals surface area (Å²) in [5.74, 6) is 18.7. The lowest BCUT2D eigenvalue weighted by molar-refractivity contribution is -0.0447. The van der Waals surface area contributed by atoms with Crippen molar-refractivity contribution < 1.29 is 0 Å². The van der Waals surface area contributed by atoms with Crippen LogP contribution in [-0.4, -0.2) is 0 Å². The molecule has 0 N–H and O–H groups in total. The minimum absolute atomic E-state index is 0.836. The van der Waals surface area contributed by atoms with Crippen molar-refractivity contribution in [3.05, 3.63) is 0 Å². The molecule has 0 nitrogen and oxygen atoms in total. The fourth-order valence-corrected chi connectivity index (χ4v) is 14.4. The first-order valence-electron chi connectivity index (χ1n) is 17.7. The molecule has 0 aromatic carbocycles. The Morgan fingerprint density at radius 3 is 1.59 bits per heavy atom. The predicted molar refractivity (Wildman–Crippen MR) is 153 cm³/mol. The fourth-order valence-electron chi connectivity index (χ4n) is 14.4. The molecule has 0 heteroatoms. The number of hydrogen-bond donors (Lipinski definition) is 0. The normalized spacial score (nSPS) is 70.9. The zero-order chi connectivity index (χ0) is 25.4. The average molecular weight is 503 g/mol. The highest BCUT2D eigenvalue weighted by molar-refractivity contribution is 5.33. The molecule has 206 valence electrons. The molecule has 19 atom stereocenters. The SMILES string of the molecule is CC1CC1CCC1C(C)C1CCC1C(C)C12CC2C1CC(C)C12CC2C1CC(C)C12CC2C1C(C)C1C. The summed E-state index contributed by atoms with van der Waals surface area (Å²) in [5, 5.41) is 0. The van der Waals surface area contributed by atoms with E-state index in [1.54, 1.807) is 57.8 Å². The molecule has 0 heterocycles. The monoisotopic (exact) mass is 502 g/mol. The number of rotatable bonds is 9. The van der Waals surface area contributed by atoms with Gasteiger partial charge in [0.25, 0.3) is 0 Å². The van der Waals surface area contributed by atoms with E-state index in [1.807, 2.05) is 0 Å². The van der Waals surface area contributed by atoms with E-state index in [4.69, 9.17) is 0 Å². The van der Waals surface area contributed by atoms with Gasteiger partial charge in [-0.3, -0.25) is 0 Å². The minimum atomic E-state index is 0.836. The van der Waals surface area contributed by atoms with Crippen molar-refractivity contribution in [3.63, 3.8) is 0 Å². The topological polar surface area (TPSA) is 0 Å². The standard InChI is InChI=1S/C37H58/c1-18-12-25(18)8-9-26-23(6)27(26)10-11-28-24(7)37(28)16-32(37)30-13-19(2)35(30)15-31(35)29-14-20(3)36(29)17-33(36)34-21(4)22(34)5/h18-34H,8-17H2,1-7H3. The second-order valence-electron chi connectivity index (χ2n) is 18.3. The smallest absolute Gasteiger partial charge is 0.0204 e. The molecular formula is C37H58. The van der Waals surface area contributed by atoms with Crippen LogP contribution in [0.1, 0.15) is 113 Å². The third-order valence-electron chi connectivity index (χ3n) is 17.8. The molecule has 9 aliphatic carbocycles. The molecule has 9 saturated carbocycles. The van der Waals surface area contributed by atoms with Gasteiger partial charge in [0.05, 0.1) is 0 Å². The van der Waals surface area contributed by atoms with Crippen molar-refractivity contribution in [2.75, 3.05) is 0 Å². The van der Waals surface area contributed by atoms with Crippen LogP contribution in [0.5, 0.6) is 0 Å². The molecule has 37 heavy (non-hydrogen) atoms. The fraction of sp³-hybridized carbons (Fsp3) is 1.00. The van der Waals surface area contributed by atoms with Gasteiger partial charge >= 0.3 is 0 Å². The third-order valence-corrected chi connectivity index (χ3v) is 17.8. The molecular weight excluding hydrogens is 444 g/mol. The van der Waals surface area contributed by atoms with Gasteiger partial charge in [-0.1, -0.05) is 48.5 Å². The highest BCUT2D eigenvalue weighted by Gasteiger charge is 2.85. The van der Waals surface area contributed by atoms with Crippen molar-refractivity contribution >= 4 is 0 Å². The summed E-state index contributed by atoms with van der Waals surface area (Å²) in [6.45, 7) is 18.2. The molecule has 9 fully saturated rings. The van der Waals surface area contributed by atoms with Gasteiger partial charge in [0.1, 0.15) is 0 Å². The van der Waals surface area contributed by atoms with Gasteiger partial charge in [-0.2, -0.15) is 0 Å². The molecule has 9 rings (SSSR count). The first kappa shape index (κ1) is 23.7. The average Bonchev–Trinajstić information content (AvgIpc) is 3.64. The quantitative estimate of drug-likeness (QED) is 0.294. The number of hydrogen-bond acceptors (Lipinski definition) is 0. The first-order valence-corrected chi connectivity index (χ1v) is 17.7. The van der Waals surface area contributed by atoms with E-state index in [1.165, 1.54) is 6.42 Å². The van der Waals surface area contributed by atoms with Gasteiger partial charge in [-0.05, 0) is 181 Å². The van der Waals surface area contributed by atoms with Gasteiger partial charge in [-0.15, -0.1) is 0 Å². The molecule has 0 radical (unpaired) electrons. The second kappa shape index (κ2) is 7.07. The maximum absolute atomic E-state index is 2.68. The van der Waals surface area contributed by atoms with Crippen LogP contribution in [0, 0.1) is 117 Å². The Kier molecular flexibility index (Phi) is 4.52. The summed E-state index contributed by atoms with van der Waals surface area (Å²) in [7, 11) is 0. The van der Waals surface area contributed by atoms with E-state index in [9.17, 15) is 0 Å². The molecule has 9 aliphatic rings. The van der Waals surface area contributed by atoms with Gasteiger partial charge in [0.2, 0.25) is 0 Å². The van der Waals surface area contributed by atoms with Crippen LogP contribution >= 0.6 is 0 Å². The van der Waals surface area contributed by atoms with Crippen LogP contribution in [0.2, 0.25) is 0 Å². The van der Waals surface area contributed by atoms with Crippen molar-refractivity contribution in [2.45, 2.75) is 113 Å². The van der Waals surface area contributed by atoms with Crippen LogP contribution in [0.15, 0.2) is 0 Å². The van der Waals surface area contributed by atoms with E-state index < -0.39 is 0 Å². The molecule has 0 bridgehead atoms. The third kappa shape index (κ3) is 2.84.